The first-order valence-corrected chi connectivity index (χ1v) is 11.4. The Labute approximate surface area is 200 Å². The Bertz CT molecular complexity index is 1360. The number of hydrogen-bond acceptors (Lipinski definition) is 2. The number of rotatable bonds is 5. The quantitative estimate of drug-likeness (QED) is 0.207. The van der Waals surface area contributed by atoms with Gasteiger partial charge in [0.1, 0.15) is 5.92 Å². The van der Waals surface area contributed by atoms with Gasteiger partial charge in [0.15, 0.2) is 5.78 Å². The summed E-state index contributed by atoms with van der Waals surface area (Å²) in [5.74, 6) is -1.41. The number of carbonyl (C=O) groups excluding carboxylic acids is 2. The highest BCUT2D eigenvalue weighted by molar-refractivity contribution is 6.24. The molecule has 166 valence electrons. The van der Waals surface area contributed by atoms with Crippen LogP contribution in [0.1, 0.15) is 32.6 Å². The molecule has 4 aromatic rings. The Morgan fingerprint density at radius 3 is 2.12 bits per heavy atom. The molecular formula is C31H24NO2-. The fourth-order valence-electron chi connectivity index (χ4n) is 4.41. The maximum Gasteiger partial charge on any atom is 0.240 e. The highest BCUT2D eigenvalue weighted by Crippen LogP contribution is 2.42. The maximum atomic E-state index is 14.0. The lowest BCUT2D eigenvalue weighted by Crippen LogP contribution is -2.43. The van der Waals surface area contributed by atoms with E-state index in [1.54, 1.807) is 17.0 Å². The van der Waals surface area contributed by atoms with Crippen LogP contribution in [0.15, 0.2) is 109 Å². The van der Waals surface area contributed by atoms with E-state index in [9.17, 15) is 9.59 Å². The zero-order chi connectivity index (χ0) is 23.5. The summed E-state index contributed by atoms with van der Waals surface area (Å²) in [6.07, 6.45) is 3.43. The van der Waals surface area contributed by atoms with Gasteiger partial charge in [-0.1, -0.05) is 90.0 Å². The SMILES string of the molecule is Cc1ccc2c(c1)C(=[C-]c1ccccc1)C(C(=O)c1ccccc1)C(=O)N2Cc1ccccc1. The average molecular weight is 443 g/mol. The first-order chi connectivity index (χ1) is 16.6. The minimum atomic E-state index is -0.972. The fraction of sp³-hybridized carbons (Fsp3) is 0.0968. The topological polar surface area (TPSA) is 37.4 Å². The Morgan fingerprint density at radius 2 is 1.44 bits per heavy atom. The first kappa shape index (κ1) is 21.6. The molecule has 0 fully saturated rings. The lowest BCUT2D eigenvalue weighted by atomic mass is 9.80. The number of hydrogen-bond donors (Lipinski definition) is 0. The lowest BCUT2D eigenvalue weighted by molar-refractivity contribution is -0.120. The van der Waals surface area contributed by atoms with Gasteiger partial charge in [-0.15, -0.1) is 41.5 Å². The molecule has 0 bridgehead atoms. The predicted molar refractivity (Wildman–Crippen MR) is 135 cm³/mol. The average Bonchev–Trinajstić information content (AvgIpc) is 2.88. The summed E-state index contributed by atoms with van der Waals surface area (Å²) in [5.41, 5.74) is 5.71. The van der Waals surface area contributed by atoms with Crippen molar-refractivity contribution in [1.82, 2.24) is 0 Å². The Hall–Kier alpha value is -4.24. The molecule has 3 heteroatoms. The minimum Gasteiger partial charge on any atom is -0.315 e. The first-order valence-electron chi connectivity index (χ1n) is 11.4. The number of ketones is 1. The summed E-state index contributed by atoms with van der Waals surface area (Å²) in [5, 5.41) is 0. The molecular weight excluding hydrogens is 418 g/mol. The molecule has 4 aromatic carbocycles. The van der Waals surface area contributed by atoms with Crippen molar-refractivity contribution in [2.45, 2.75) is 13.5 Å². The molecule has 1 unspecified atom stereocenters. The number of Topliss-reactive ketones (excluding diaryl/α,β-unsaturated/α-hetero) is 1. The number of anilines is 1. The van der Waals surface area contributed by atoms with E-state index in [2.05, 4.69) is 12.1 Å². The molecule has 34 heavy (non-hydrogen) atoms. The van der Waals surface area contributed by atoms with Gasteiger partial charge < -0.3 is 4.90 Å². The van der Waals surface area contributed by atoms with Crippen LogP contribution in [0.4, 0.5) is 5.69 Å². The normalized spacial score (nSPS) is 16.4. The van der Waals surface area contributed by atoms with Gasteiger partial charge in [0.25, 0.3) is 0 Å². The lowest BCUT2D eigenvalue weighted by Gasteiger charge is -2.39. The van der Waals surface area contributed by atoms with E-state index in [0.717, 1.165) is 27.9 Å². The van der Waals surface area contributed by atoms with E-state index in [4.69, 9.17) is 0 Å². The third-order valence-corrected chi connectivity index (χ3v) is 6.09. The number of aryl methyl sites for hydroxylation is 1. The molecule has 1 atom stereocenters. The van der Waals surface area contributed by atoms with Gasteiger partial charge in [-0.2, -0.15) is 0 Å². The number of nitrogens with zero attached hydrogens (tertiary/aromatic N) is 1. The van der Waals surface area contributed by atoms with Crippen molar-refractivity contribution in [2.75, 3.05) is 4.90 Å². The summed E-state index contributed by atoms with van der Waals surface area (Å²) in [6, 6.07) is 34.6. The molecule has 0 radical (unpaired) electrons. The largest absolute Gasteiger partial charge is 0.315 e. The Balaban J connectivity index is 1.71. The van der Waals surface area contributed by atoms with E-state index in [1.807, 2.05) is 97.9 Å². The van der Waals surface area contributed by atoms with Crippen LogP contribution in [0.3, 0.4) is 0 Å². The number of carbonyl (C=O) groups is 2. The molecule has 0 saturated heterocycles. The summed E-state index contributed by atoms with van der Waals surface area (Å²) in [4.78, 5) is 29.6. The number of amides is 1. The van der Waals surface area contributed by atoms with Gasteiger partial charge in [-0.25, -0.2) is 0 Å². The standard InChI is InChI=1S/C31H24NO2/c1-22-17-18-28-26(19-22)27(20-23-11-5-2-6-12-23)29(30(33)25-15-9-4-10-16-25)31(34)32(28)21-24-13-7-3-8-14-24/h2-19,29H,21H2,1H3/q-1. The van der Waals surface area contributed by atoms with Crippen molar-refractivity contribution >= 4 is 23.0 Å². The monoisotopic (exact) mass is 442 g/mol. The Kier molecular flexibility index (Phi) is 5.92. The van der Waals surface area contributed by atoms with Crippen molar-refractivity contribution in [3.63, 3.8) is 0 Å². The van der Waals surface area contributed by atoms with Crippen LogP contribution in [0.5, 0.6) is 0 Å². The Morgan fingerprint density at radius 1 is 0.824 bits per heavy atom. The van der Waals surface area contributed by atoms with E-state index < -0.39 is 5.92 Å². The molecule has 0 aromatic heterocycles. The minimum absolute atomic E-state index is 0.214. The van der Waals surface area contributed by atoms with Crippen LogP contribution in [0, 0.1) is 18.9 Å². The van der Waals surface area contributed by atoms with Crippen LogP contribution in [-0.4, -0.2) is 11.7 Å². The second-order valence-electron chi connectivity index (χ2n) is 8.50. The zero-order valence-electron chi connectivity index (χ0n) is 18.9. The van der Waals surface area contributed by atoms with Gasteiger partial charge in [0, 0.05) is 11.3 Å². The summed E-state index contributed by atoms with van der Waals surface area (Å²) in [7, 11) is 0. The van der Waals surface area contributed by atoms with Gasteiger partial charge in [0.2, 0.25) is 5.91 Å². The highest BCUT2D eigenvalue weighted by Gasteiger charge is 2.38. The van der Waals surface area contributed by atoms with Crippen LogP contribution in [0.25, 0.3) is 5.57 Å². The van der Waals surface area contributed by atoms with E-state index >= 15 is 0 Å². The summed E-state index contributed by atoms with van der Waals surface area (Å²) in [6.45, 7) is 2.42. The molecule has 1 aliphatic rings. The molecule has 3 nitrogen and oxygen atoms in total. The van der Waals surface area contributed by atoms with Crippen LogP contribution in [-0.2, 0) is 11.3 Å². The van der Waals surface area contributed by atoms with Crippen molar-refractivity contribution in [3.8, 4) is 0 Å². The molecule has 1 heterocycles. The summed E-state index contributed by atoms with van der Waals surface area (Å²) < 4.78 is 0. The predicted octanol–water partition coefficient (Wildman–Crippen LogP) is 6.28. The zero-order valence-corrected chi connectivity index (χ0v) is 18.9. The summed E-state index contributed by atoms with van der Waals surface area (Å²) >= 11 is 0. The number of fused-ring (bicyclic) bond motifs is 1. The third-order valence-electron chi connectivity index (χ3n) is 6.09. The second-order valence-corrected chi connectivity index (χ2v) is 8.50. The van der Waals surface area contributed by atoms with Crippen LogP contribution < -0.4 is 4.90 Å². The molecule has 1 amide bonds. The third kappa shape index (κ3) is 4.20. The number of benzene rings is 4. The molecule has 0 saturated carbocycles. The van der Waals surface area contributed by atoms with Gasteiger partial charge in [-0.3, -0.25) is 9.59 Å². The second kappa shape index (κ2) is 9.32. The highest BCUT2D eigenvalue weighted by atomic mass is 16.2. The van der Waals surface area contributed by atoms with E-state index in [1.165, 1.54) is 0 Å². The van der Waals surface area contributed by atoms with Gasteiger partial charge in [-0.05, 0) is 18.6 Å². The fourth-order valence-corrected chi connectivity index (χ4v) is 4.41. The van der Waals surface area contributed by atoms with Crippen molar-refractivity contribution < 1.29 is 9.59 Å². The molecule has 0 spiro atoms. The van der Waals surface area contributed by atoms with Crippen molar-refractivity contribution in [3.05, 3.63) is 143 Å². The van der Waals surface area contributed by atoms with Gasteiger partial charge in [0.05, 0.1) is 6.54 Å². The van der Waals surface area contributed by atoms with E-state index in [-0.39, 0.29) is 11.7 Å². The molecule has 5 rings (SSSR count). The van der Waals surface area contributed by atoms with Crippen molar-refractivity contribution in [1.29, 1.82) is 0 Å². The molecule has 0 aliphatic carbocycles. The maximum absolute atomic E-state index is 14.0. The molecule has 1 aliphatic heterocycles. The van der Waals surface area contributed by atoms with Crippen molar-refractivity contribution in [2.24, 2.45) is 5.92 Å². The van der Waals surface area contributed by atoms with Crippen LogP contribution in [0.2, 0.25) is 0 Å². The van der Waals surface area contributed by atoms with Crippen LogP contribution >= 0.6 is 0 Å². The van der Waals surface area contributed by atoms with Gasteiger partial charge >= 0.3 is 0 Å². The van der Waals surface area contributed by atoms with E-state index in [0.29, 0.717) is 17.7 Å². The smallest absolute Gasteiger partial charge is 0.240 e. The molecule has 0 N–H and O–H groups in total.